The molecule has 2 aromatic carbocycles. The van der Waals surface area contributed by atoms with Crippen molar-refractivity contribution in [2.24, 2.45) is 0 Å². The molecule has 0 radical (unpaired) electrons. The lowest BCUT2D eigenvalue weighted by Crippen LogP contribution is -3.00. The van der Waals surface area contributed by atoms with Gasteiger partial charge in [0, 0.05) is 30.8 Å². The molecule has 0 saturated carbocycles. The molecule has 0 N–H and O–H groups in total. The van der Waals surface area contributed by atoms with Gasteiger partial charge in [0.15, 0.2) is 30.4 Å². The van der Waals surface area contributed by atoms with E-state index in [1.807, 2.05) is 58.3 Å². The van der Waals surface area contributed by atoms with E-state index in [9.17, 15) is 4.79 Å². The molecule has 0 spiro atoms. The van der Waals surface area contributed by atoms with Gasteiger partial charge in [-0.15, -0.1) is 0 Å². The van der Waals surface area contributed by atoms with Gasteiger partial charge in [0.25, 0.3) is 5.91 Å². The molecule has 3 aromatic rings. The lowest BCUT2D eigenvalue weighted by Gasteiger charge is -2.28. The molecular weight excluding hydrogens is 400 g/mol. The molecule has 30 heavy (non-hydrogen) atoms. The summed E-state index contributed by atoms with van der Waals surface area (Å²) in [6.07, 6.45) is 4.80. The number of pyridine rings is 1. The van der Waals surface area contributed by atoms with Crippen molar-refractivity contribution in [3.63, 3.8) is 0 Å². The number of benzene rings is 2. The van der Waals surface area contributed by atoms with Gasteiger partial charge in [-0.2, -0.15) is 0 Å². The molecule has 0 unspecified atom stereocenters. The van der Waals surface area contributed by atoms with Crippen LogP contribution in [0.5, 0.6) is 11.5 Å². The molecular formula is C24H25ClN2O3. The van der Waals surface area contributed by atoms with Crippen LogP contribution in [0.4, 0.5) is 0 Å². The van der Waals surface area contributed by atoms with E-state index in [-0.39, 0.29) is 18.3 Å². The quantitative estimate of drug-likeness (QED) is 0.551. The number of halogens is 1. The van der Waals surface area contributed by atoms with Crippen LogP contribution >= 0.6 is 0 Å². The van der Waals surface area contributed by atoms with Gasteiger partial charge in [0.2, 0.25) is 0 Å². The SMILES string of the molecule is COc1ccc(C[n+]2ccc(C(=O)N3CCc4ccccc4C3)cc2)cc1OC.[Cl-]. The zero-order chi connectivity index (χ0) is 20.2. The maximum Gasteiger partial charge on any atom is 0.254 e. The summed E-state index contributed by atoms with van der Waals surface area (Å²) in [7, 11) is 3.26. The Bertz CT molecular complexity index is 1020. The van der Waals surface area contributed by atoms with Crippen molar-refractivity contribution in [2.75, 3.05) is 20.8 Å². The first-order valence-corrected chi connectivity index (χ1v) is 9.74. The third-order valence-electron chi connectivity index (χ3n) is 5.37. The van der Waals surface area contributed by atoms with Crippen LogP contribution in [0.1, 0.15) is 27.0 Å². The minimum atomic E-state index is 0. The summed E-state index contributed by atoms with van der Waals surface area (Å²) in [6.45, 7) is 2.12. The third-order valence-corrected chi connectivity index (χ3v) is 5.37. The molecule has 1 aliphatic heterocycles. The summed E-state index contributed by atoms with van der Waals surface area (Å²) in [5, 5.41) is 0. The van der Waals surface area contributed by atoms with Crippen LogP contribution in [0, 0.1) is 0 Å². The Morgan fingerprint density at radius 3 is 2.37 bits per heavy atom. The molecule has 6 heteroatoms. The molecule has 0 bridgehead atoms. The van der Waals surface area contributed by atoms with Crippen LogP contribution in [-0.2, 0) is 19.5 Å². The second-order valence-corrected chi connectivity index (χ2v) is 7.19. The van der Waals surface area contributed by atoms with Crippen LogP contribution in [0.15, 0.2) is 67.0 Å². The molecule has 5 nitrogen and oxygen atoms in total. The Morgan fingerprint density at radius 2 is 1.67 bits per heavy atom. The lowest BCUT2D eigenvalue weighted by molar-refractivity contribution is -0.688. The van der Waals surface area contributed by atoms with E-state index < -0.39 is 0 Å². The first kappa shape index (κ1) is 21.7. The fourth-order valence-electron chi connectivity index (χ4n) is 3.75. The third kappa shape index (κ3) is 4.57. The number of hydrogen-bond acceptors (Lipinski definition) is 3. The zero-order valence-corrected chi connectivity index (χ0v) is 17.9. The smallest absolute Gasteiger partial charge is 0.254 e. The number of nitrogens with zero attached hydrogens (tertiary/aromatic N) is 2. The minimum absolute atomic E-state index is 0. The van der Waals surface area contributed by atoms with Gasteiger partial charge in [-0.25, -0.2) is 4.57 Å². The number of amides is 1. The van der Waals surface area contributed by atoms with Crippen molar-refractivity contribution in [3.8, 4) is 11.5 Å². The molecule has 1 amide bonds. The number of ether oxygens (including phenoxy) is 2. The summed E-state index contributed by atoms with van der Waals surface area (Å²) >= 11 is 0. The predicted octanol–water partition coefficient (Wildman–Crippen LogP) is 0.242. The summed E-state index contributed by atoms with van der Waals surface area (Å²) in [5.74, 6) is 1.51. The van der Waals surface area contributed by atoms with Gasteiger partial charge in [-0.1, -0.05) is 24.3 Å². The van der Waals surface area contributed by atoms with Gasteiger partial charge in [0.05, 0.1) is 19.8 Å². The number of hydrogen-bond donors (Lipinski definition) is 0. The molecule has 0 saturated heterocycles. The monoisotopic (exact) mass is 424 g/mol. The minimum Gasteiger partial charge on any atom is -1.00 e. The standard InChI is InChI=1S/C24H25N2O3.ClH/c1-28-22-8-7-18(15-23(22)29-2)16-25-12-9-20(10-13-25)24(27)26-14-11-19-5-3-4-6-21(19)17-26;/h3-10,12-13,15H,11,14,16-17H2,1-2H3;1H/q+1;/p-1. The van der Waals surface area contributed by atoms with Crippen LogP contribution in [-0.4, -0.2) is 31.6 Å². The molecule has 4 rings (SSSR count). The Labute approximate surface area is 183 Å². The van der Waals surface area contributed by atoms with E-state index in [1.165, 1.54) is 11.1 Å². The first-order chi connectivity index (χ1) is 14.2. The first-order valence-electron chi connectivity index (χ1n) is 9.74. The molecule has 0 atom stereocenters. The molecule has 156 valence electrons. The predicted molar refractivity (Wildman–Crippen MR) is 110 cm³/mol. The Morgan fingerprint density at radius 1 is 0.967 bits per heavy atom. The molecule has 2 heterocycles. The number of fused-ring (bicyclic) bond motifs is 1. The van der Waals surface area contributed by atoms with Crippen LogP contribution in [0.3, 0.4) is 0 Å². The van der Waals surface area contributed by atoms with Crippen LogP contribution < -0.4 is 26.4 Å². The fraction of sp³-hybridized carbons (Fsp3) is 0.250. The molecule has 1 aliphatic rings. The van der Waals surface area contributed by atoms with E-state index in [0.717, 1.165) is 18.5 Å². The highest BCUT2D eigenvalue weighted by atomic mass is 35.5. The van der Waals surface area contributed by atoms with E-state index in [2.05, 4.69) is 18.2 Å². The largest absolute Gasteiger partial charge is 1.00 e. The summed E-state index contributed by atoms with van der Waals surface area (Å²) in [6, 6.07) is 18.0. The number of carbonyl (C=O) groups excluding carboxylic acids is 1. The average Bonchev–Trinajstić information content (AvgIpc) is 2.78. The molecule has 0 aliphatic carbocycles. The second-order valence-electron chi connectivity index (χ2n) is 7.19. The van der Waals surface area contributed by atoms with Gasteiger partial charge in [-0.05, 0) is 35.7 Å². The molecule has 0 fully saturated rings. The van der Waals surface area contributed by atoms with E-state index in [1.54, 1.807) is 14.2 Å². The topological polar surface area (TPSA) is 42.7 Å². The van der Waals surface area contributed by atoms with E-state index >= 15 is 0 Å². The number of aromatic nitrogens is 1. The van der Waals surface area contributed by atoms with E-state index in [4.69, 9.17) is 9.47 Å². The van der Waals surface area contributed by atoms with Crippen molar-refractivity contribution in [3.05, 3.63) is 89.2 Å². The number of rotatable bonds is 5. The normalized spacial score (nSPS) is 12.5. The lowest BCUT2D eigenvalue weighted by atomic mass is 9.99. The highest BCUT2D eigenvalue weighted by Gasteiger charge is 2.22. The summed E-state index contributed by atoms with van der Waals surface area (Å²) < 4.78 is 12.7. The van der Waals surface area contributed by atoms with Gasteiger partial charge in [-0.3, -0.25) is 4.79 Å². The zero-order valence-electron chi connectivity index (χ0n) is 17.2. The maximum absolute atomic E-state index is 12.9. The highest BCUT2D eigenvalue weighted by molar-refractivity contribution is 5.94. The van der Waals surface area contributed by atoms with Gasteiger partial charge in [0.1, 0.15) is 0 Å². The summed E-state index contributed by atoms with van der Waals surface area (Å²) in [5.41, 5.74) is 4.40. The van der Waals surface area contributed by atoms with Crippen LogP contribution in [0.25, 0.3) is 0 Å². The Hall–Kier alpha value is -3.05. The van der Waals surface area contributed by atoms with Crippen molar-refractivity contribution in [1.82, 2.24) is 4.90 Å². The van der Waals surface area contributed by atoms with E-state index in [0.29, 0.717) is 30.2 Å². The maximum atomic E-state index is 12.9. The van der Waals surface area contributed by atoms with Crippen molar-refractivity contribution in [1.29, 1.82) is 0 Å². The van der Waals surface area contributed by atoms with Gasteiger partial charge < -0.3 is 26.8 Å². The van der Waals surface area contributed by atoms with Crippen molar-refractivity contribution >= 4 is 5.91 Å². The molecule has 1 aromatic heterocycles. The number of methoxy groups -OCH3 is 2. The van der Waals surface area contributed by atoms with Crippen molar-refractivity contribution < 1.29 is 31.2 Å². The van der Waals surface area contributed by atoms with Gasteiger partial charge >= 0.3 is 0 Å². The van der Waals surface area contributed by atoms with Crippen LogP contribution in [0.2, 0.25) is 0 Å². The second kappa shape index (κ2) is 9.63. The Kier molecular flexibility index (Phi) is 6.95. The fourth-order valence-corrected chi connectivity index (χ4v) is 3.75. The average molecular weight is 425 g/mol. The highest BCUT2D eigenvalue weighted by Crippen LogP contribution is 2.27. The Balaban J connectivity index is 0.00000256. The number of carbonyl (C=O) groups is 1. The van der Waals surface area contributed by atoms with Crippen molar-refractivity contribution in [2.45, 2.75) is 19.5 Å². The summed E-state index contributed by atoms with van der Waals surface area (Å²) in [4.78, 5) is 14.8.